The van der Waals surface area contributed by atoms with Gasteiger partial charge in [-0.25, -0.2) is 4.79 Å². The number of imidazole rings is 1. The molecule has 0 spiro atoms. The maximum atomic E-state index is 12.5. The molecule has 136 valence electrons. The van der Waals surface area contributed by atoms with Gasteiger partial charge in [0, 0.05) is 25.2 Å². The van der Waals surface area contributed by atoms with Gasteiger partial charge in [-0.05, 0) is 37.0 Å². The molecular weight excluding hydrogens is 354 g/mol. The van der Waals surface area contributed by atoms with E-state index in [2.05, 4.69) is 14.9 Å². The van der Waals surface area contributed by atoms with Crippen molar-refractivity contribution in [2.24, 2.45) is 7.05 Å². The fraction of sp³-hybridized carbons (Fsp3) is 0.389. The molecule has 4 rings (SSSR count). The summed E-state index contributed by atoms with van der Waals surface area (Å²) in [5, 5.41) is 0.667. The number of nitrogens with one attached hydrogen (secondary N) is 1. The quantitative estimate of drug-likeness (QED) is 0.763. The summed E-state index contributed by atoms with van der Waals surface area (Å²) in [6, 6.07) is 7.53. The Kier molecular flexibility index (Phi) is 4.32. The molecule has 0 bridgehead atoms. The standard InChI is InChI=1S/C18H20ClN5O2/c1-22-15-14(16(25)21-18(22)26)24(11-12-5-7-13(19)8-6-12)17(20-15)23-9-3-2-4-10-23/h5-8H,2-4,9-11H2,1H3,(H,21,25,26). The van der Waals surface area contributed by atoms with E-state index >= 15 is 0 Å². The van der Waals surface area contributed by atoms with Gasteiger partial charge in [0.15, 0.2) is 11.2 Å². The molecule has 0 amide bonds. The second-order valence-corrected chi connectivity index (χ2v) is 7.10. The zero-order valence-corrected chi connectivity index (χ0v) is 15.3. The maximum Gasteiger partial charge on any atom is 0.329 e. The average Bonchev–Trinajstić information content (AvgIpc) is 3.02. The van der Waals surface area contributed by atoms with Crippen molar-refractivity contribution in [3.8, 4) is 0 Å². The zero-order valence-electron chi connectivity index (χ0n) is 14.5. The number of rotatable bonds is 3. The lowest BCUT2D eigenvalue weighted by atomic mass is 10.1. The highest BCUT2D eigenvalue weighted by Crippen LogP contribution is 2.24. The summed E-state index contributed by atoms with van der Waals surface area (Å²) in [7, 11) is 1.63. The van der Waals surface area contributed by atoms with Crippen molar-refractivity contribution < 1.29 is 0 Å². The smallest absolute Gasteiger partial charge is 0.329 e. The zero-order chi connectivity index (χ0) is 18.3. The summed E-state index contributed by atoms with van der Waals surface area (Å²) in [5.74, 6) is 0.737. The summed E-state index contributed by atoms with van der Waals surface area (Å²) in [5.41, 5.74) is 0.979. The average molecular weight is 374 g/mol. The normalized spacial score (nSPS) is 14.9. The summed E-state index contributed by atoms with van der Waals surface area (Å²) >= 11 is 5.98. The van der Waals surface area contributed by atoms with E-state index in [1.54, 1.807) is 7.05 Å². The molecule has 0 atom stereocenters. The SMILES string of the molecule is Cn1c(=O)[nH]c(=O)c2c1nc(N1CCCCC1)n2Cc1ccc(Cl)cc1. The van der Waals surface area contributed by atoms with Crippen LogP contribution >= 0.6 is 11.6 Å². The van der Waals surface area contributed by atoms with Crippen LogP contribution in [0.15, 0.2) is 33.9 Å². The Balaban J connectivity index is 1.91. The molecule has 1 fully saturated rings. The van der Waals surface area contributed by atoms with Gasteiger partial charge in [0.25, 0.3) is 5.56 Å². The van der Waals surface area contributed by atoms with Gasteiger partial charge >= 0.3 is 5.69 Å². The molecule has 26 heavy (non-hydrogen) atoms. The van der Waals surface area contributed by atoms with Crippen LogP contribution in [0.2, 0.25) is 5.02 Å². The van der Waals surface area contributed by atoms with E-state index in [0.717, 1.165) is 37.4 Å². The number of anilines is 1. The number of fused-ring (bicyclic) bond motifs is 1. The molecule has 0 aliphatic carbocycles. The highest BCUT2D eigenvalue weighted by atomic mass is 35.5. The largest absolute Gasteiger partial charge is 0.342 e. The Labute approximate surface area is 154 Å². The Bertz CT molecular complexity index is 1060. The fourth-order valence-corrected chi connectivity index (χ4v) is 3.61. The van der Waals surface area contributed by atoms with E-state index in [1.165, 1.54) is 11.0 Å². The van der Waals surface area contributed by atoms with E-state index < -0.39 is 11.2 Å². The predicted molar refractivity (Wildman–Crippen MR) is 102 cm³/mol. The van der Waals surface area contributed by atoms with Crippen molar-refractivity contribution in [3.63, 3.8) is 0 Å². The number of aromatic nitrogens is 4. The Morgan fingerprint density at radius 3 is 2.50 bits per heavy atom. The van der Waals surface area contributed by atoms with Crippen LogP contribution in [0.5, 0.6) is 0 Å². The minimum Gasteiger partial charge on any atom is -0.342 e. The van der Waals surface area contributed by atoms with Crippen LogP contribution in [0.1, 0.15) is 24.8 Å². The van der Waals surface area contributed by atoms with Crippen molar-refractivity contribution in [2.75, 3.05) is 18.0 Å². The van der Waals surface area contributed by atoms with Gasteiger partial charge in [0.05, 0.1) is 6.54 Å². The molecule has 1 aliphatic heterocycles. The third kappa shape index (κ3) is 2.92. The van der Waals surface area contributed by atoms with E-state index in [0.29, 0.717) is 22.7 Å². The number of piperidine rings is 1. The van der Waals surface area contributed by atoms with Crippen LogP contribution in [0.25, 0.3) is 11.2 Å². The maximum absolute atomic E-state index is 12.5. The third-order valence-electron chi connectivity index (χ3n) is 4.88. The molecule has 1 N–H and O–H groups in total. The lowest BCUT2D eigenvalue weighted by Crippen LogP contribution is -2.32. The first-order valence-corrected chi connectivity index (χ1v) is 9.11. The molecule has 1 aliphatic rings. The van der Waals surface area contributed by atoms with Crippen LogP contribution in [-0.4, -0.2) is 32.2 Å². The lowest BCUT2D eigenvalue weighted by molar-refractivity contribution is 0.560. The molecule has 0 radical (unpaired) electrons. The number of halogens is 1. The van der Waals surface area contributed by atoms with Crippen molar-refractivity contribution in [1.82, 2.24) is 19.1 Å². The molecule has 8 heteroatoms. The molecule has 0 unspecified atom stereocenters. The molecular formula is C18H20ClN5O2. The minimum absolute atomic E-state index is 0.409. The molecule has 0 saturated carbocycles. The van der Waals surface area contributed by atoms with Gasteiger partial charge in [0.1, 0.15) is 0 Å². The summed E-state index contributed by atoms with van der Waals surface area (Å²) < 4.78 is 3.30. The number of aromatic amines is 1. The molecule has 1 saturated heterocycles. The van der Waals surface area contributed by atoms with Gasteiger partial charge in [-0.2, -0.15) is 4.98 Å². The highest BCUT2D eigenvalue weighted by molar-refractivity contribution is 6.30. The number of hydrogen-bond acceptors (Lipinski definition) is 4. The monoisotopic (exact) mass is 373 g/mol. The topological polar surface area (TPSA) is 75.9 Å². The van der Waals surface area contributed by atoms with Crippen molar-refractivity contribution >= 4 is 28.7 Å². The van der Waals surface area contributed by atoms with Gasteiger partial charge in [0.2, 0.25) is 5.95 Å². The lowest BCUT2D eigenvalue weighted by Gasteiger charge is -2.28. The van der Waals surface area contributed by atoms with Gasteiger partial charge < -0.3 is 4.90 Å². The molecule has 7 nitrogen and oxygen atoms in total. The van der Waals surface area contributed by atoms with Crippen molar-refractivity contribution in [3.05, 3.63) is 55.7 Å². The second kappa shape index (κ2) is 6.64. The van der Waals surface area contributed by atoms with Crippen LogP contribution < -0.4 is 16.1 Å². The van der Waals surface area contributed by atoms with Gasteiger partial charge in [-0.15, -0.1) is 0 Å². The van der Waals surface area contributed by atoms with E-state index in [-0.39, 0.29) is 0 Å². The Hall–Kier alpha value is -2.54. The first-order valence-electron chi connectivity index (χ1n) is 8.73. The van der Waals surface area contributed by atoms with Crippen LogP contribution in [0.4, 0.5) is 5.95 Å². The van der Waals surface area contributed by atoms with Crippen LogP contribution in [-0.2, 0) is 13.6 Å². The summed E-state index contributed by atoms with van der Waals surface area (Å²) in [4.78, 5) is 33.8. The first kappa shape index (κ1) is 16.9. The van der Waals surface area contributed by atoms with E-state index in [4.69, 9.17) is 11.6 Å². The molecule has 2 aromatic heterocycles. The number of benzene rings is 1. The fourth-order valence-electron chi connectivity index (χ4n) is 3.48. The number of aryl methyl sites for hydroxylation is 1. The van der Waals surface area contributed by atoms with Gasteiger partial charge in [-0.3, -0.25) is 18.9 Å². The minimum atomic E-state index is -0.455. The highest BCUT2D eigenvalue weighted by Gasteiger charge is 2.22. The van der Waals surface area contributed by atoms with Gasteiger partial charge in [-0.1, -0.05) is 23.7 Å². The van der Waals surface area contributed by atoms with Crippen molar-refractivity contribution in [1.29, 1.82) is 0 Å². The Morgan fingerprint density at radius 1 is 1.12 bits per heavy atom. The molecule has 3 heterocycles. The van der Waals surface area contributed by atoms with Crippen LogP contribution in [0, 0.1) is 0 Å². The van der Waals surface area contributed by atoms with E-state index in [1.807, 2.05) is 28.8 Å². The van der Waals surface area contributed by atoms with E-state index in [9.17, 15) is 9.59 Å². The number of nitrogens with zero attached hydrogens (tertiary/aromatic N) is 4. The third-order valence-corrected chi connectivity index (χ3v) is 5.13. The molecule has 1 aromatic carbocycles. The van der Waals surface area contributed by atoms with Crippen molar-refractivity contribution in [2.45, 2.75) is 25.8 Å². The first-order chi connectivity index (χ1) is 12.5. The number of H-pyrrole nitrogens is 1. The summed E-state index contributed by atoms with van der Waals surface area (Å²) in [6.45, 7) is 2.28. The predicted octanol–water partition coefficient (Wildman–Crippen LogP) is 2.12. The number of hydrogen-bond donors (Lipinski definition) is 1. The summed E-state index contributed by atoms with van der Waals surface area (Å²) in [6.07, 6.45) is 3.39. The molecule has 3 aromatic rings. The second-order valence-electron chi connectivity index (χ2n) is 6.66. The van der Waals surface area contributed by atoms with Crippen LogP contribution in [0.3, 0.4) is 0 Å². The Morgan fingerprint density at radius 2 is 1.81 bits per heavy atom.